The zero-order valence-electron chi connectivity index (χ0n) is 21.4. The lowest BCUT2D eigenvalue weighted by atomic mass is 10.0. The summed E-state index contributed by atoms with van der Waals surface area (Å²) in [5.41, 5.74) is 1.27. The molecule has 3 aliphatic rings. The average molecular weight is 510 g/mol. The summed E-state index contributed by atoms with van der Waals surface area (Å²) in [5, 5.41) is 10.9. The minimum atomic E-state index is -0.552. The highest BCUT2D eigenvalue weighted by atomic mass is 16.6. The van der Waals surface area contributed by atoms with Crippen LogP contribution in [-0.2, 0) is 9.47 Å². The van der Waals surface area contributed by atoms with Gasteiger partial charge in [0.25, 0.3) is 5.69 Å². The van der Waals surface area contributed by atoms with Crippen molar-refractivity contribution in [3.05, 3.63) is 57.5 Å². The number of carbonyl (C=O) groups excluding carboxylic acids is 2. The molecule has 4 atom stereocenters. The molecule has 196 valence electrons. The summed E-state index contributed by atoms with van der Waals surface area (Å²) in [4.78, 5) is 49.2. The quantitative estimate of drug-likeness (QED) is 0.335. The van der Waals surface area contributed by atoms with Gasteiger partial charge in [0.1, 0.15) is 23.9 Å². The van der Waals surface area contributed by atoms with Crippen LogP contribution in [0.4, 0.5) is 16.3 Å². The van der Waals surface area contributed by atoms with Gasteiger partial charge in [-0.2, -0.15) is 0 Å². The summed E-state index contributed by atoms with van der Waals surface area (Å²) >= 11 is 0. The van der Waals surface area contributed by atoms with Crippen molar-refractivity contribution < 1.29 is 24.0 Å². The van der Waals surface area contributed by atoms with E-state index >= 15 is 0 Å². The second kappa shape index (κ2) is 9.28. The molecule has 1 aliphatic carbocycles. The van der Waals surface area contributed by atoms with Crippen LogP contribution >= 0.6 is 0 Å². The smallest absolute Gasteiger partial charge is 0.410 e. The van der Waals surface area contributed by atoms with Crippen molar-refractivity contribution >= 4 is 23.6 Å². The van der Waals surface area contributed by atoms with Crippen molar-refractivity contribution in [3.8, 4) is 0 Å². The predicted octanol–water partition coefficient (Wildman–Crippen LogP) is 4.38. The van der Waals surface area contributed by atoms with Crippen LogP contribution in [0.2, 0.25) is 0 Å². The van der Waals surface area contributed by atoms with Gasteiger partial charge >= 0.3 is 12.1 Å². The Morgan fingerprint density at radius 1 is 1.08 bits per heavy atom. The average Bonchev–Trinajstić information content (AvgIpc) is 3.30. The first-order valence-electron chi connectivity index (χ1n) is 12.6. The summed E-state index contributed by atoms with van der Waals surface area (Å²) in [7, 11) is 0. The fourth-order valence-electron chi connectivity index (χ4n) is 5.64. The van der Waals surface area contributed by atoms with Crippen LogP contribution in [0, 0.1) is 10.1 Å². The number of hydrogen-bond donors (Lipinski definition) is 0. The van der Waals surface area contributed by atoms with E-state index in [4.69, 9.17) is 9.47 Å². The number of aromatic nitrogens is 2. The Morgan fingerprint density at radius 3 is 2.32 bits per heavy atom. The Hall–Kier alpha value is -3.76. The van der Waals surface area contributed by atoms with Crippen molar-refractivity contribution in [2.75, 3.05) is 18.0 Å². The molecule has 0 spiro atoms. The molecular weight excluding hydrogens is 478 g/mol. The Balaban J connectivity index is 1.33. The van der Waals surface area contributed by atoms with Gasteiger partial charge in [-0.05, 0) is 58.1 Å². The fourth-order valence-corrected chi connectivity index (χ4v) is 5.64. The van der Waals surface area contributed by atoms with Crippen LogP contribution in [0.3, 0.4) is 0 Å². The van der Waals surface area contributed by atoms with E-state index in [9.17, 15) is 19.7 Å². The lowest BCUT2D eigenvalue weighted by Crippen LogP contribution is -2.57. The molecule has 1 aromatic carbocycles. The number of piperazine rings is 1. The Morgan fingerprint density at radius 2 is 1.73 bits per heavy atom. The Labute approximate surface area is 214 Å². The first-order chi connectivity index (χ1) is 17.5. The number of nitro groups is 1. The first-order valence-corrected chi connectivity index (χ1v) is 12.6. The van der Waals surface area contributed by atoms with E-state index in [0.717, 1.165) is 24.2 Å². The molecule has 1 aromatic heterocycles. The van der Waals surface area contributed by atoms with E-state index < -0.39 is 22.6 Å². The number of esters is 1. The molecule has 2 aromatic rings. The number of non-ortho nitro benzene ring substituents is 1. The molecular formula is C26H31N5O6. The number of carbonyl (C=O) groups is 2. The molecule has 2 aliphatic heterocycles. The van der Waals surface area contributed by atoms with E-state index in [1.807, 2.05) is 25.7 Å². The van der Waals surface area contributed by atoms with Gasteiger partial charge in [0.05, 0.1) is 28.3 Å². The molecule has 3 heterocycles. The minimum absolute atomic E-state index is 0.0479. The van der Waals surface area contributed by atoms with Crippen molar-refractivity contribution in [1.82, 2.24) is 14.9 Å². The van der Waals surface area contributed by atoms with Gasteiger partial charge in [0.2, 0.25) is 0 Å². The Bertz CT molecular complexity index is 1210. The van der Waals surface area contributed by atoms with Gasteiger partial charge in [0, 0.05) is 30.8 Å². The number of ether oxygens (including phenoxy) is 2. The fraction of sp³-hybridized carbons (Fsp3) is 0.538. The van der Waals surface area contributed by atoms with Gasteiger partial charge < -0.3 is 14.4 Å². The molecule has 1 amide bonds. The molecule has 0 saturated carbocycles. The second-order valence-corrected chi connectivity index (χ2v) is 11.0. The number of fused-ring (bicyclic) bond motifs is 3. The largest absolute Gasteiger partial charge is 0.452 e. The molecule has 0 radical (unpaired) electrons. The van der Waals surface area contributed by atoms with E-state index in [1.54, 1.807) is 0 Å². The first kappa shape index (κ1) is 24.9. The van der Waals surface area contributed by atoms with Gasteiger partial charge in [-0.15, -0.1) is 0 Å². The maximum Gasteiger partial charge on any atom is 0.410 e. The number of anilines is 1. The van der Waals surface area contributed by atoms with Crippen molar-refractivity contribution in [2.24, 2.45) is 0 Å². The van der Waals surface area contributed by atoms with Crippen LogP contribution in [0.15, 0.2) is 30.6 Å². The topological polar surface area (TPSA) is 128 Å². The minimum Gasteiger partial charge on any atom is -0.452 e. The molecule has 37 heavy (non-hydrogen) atoms. The van der Waals surface area contributed by atoms with Gasteiger partial charge in [-0.1, -0.05) is 6.92 Å². The third-order valence-electron chi connectivity index (χ3n) is 7.21. The maximum atomic E-state index is 12.8. The summed E-state index contributed by atoms with van der Waals surface area (Å²) < 4.78 is 11.5. The number of benzene rings is 1. The monoisotopic (exact) mass is 509 g/mol. The molecule has 2 saturated heterocycles. The summed E-state index contributed by atoms with van der Waals surface area (Å²) in [6.07, 6.45) is 3.11. The summed E-state index contributed by atoms with van der Waals surface area (Å²) in [6.45, 7) is 8.99. The summed E-state index contributed by atoms with van der Waals surface area (Å²) in [5.74, 6) is 0.346. The van der Waals surface area contributed by atoms with Crippen LogP contribution in [0.5, 0.6) is 0 Å². The van der Waals surface area contributed by atoms with Crippen molar-refractivity contribution in [1.29, 1.82) is 0 Å². The zero-order valence-corrected chi connectivity index (χ0v) is 21.4. The van der Waals surface area contributed by atoms with Crippen LogP contribution in [0.25, 0.3) is 0 Å². The third-order valence-corrected chi connectivity index (χ3v) is 7.21. The van der Waals surface area contributed by atoms with E-state index in [2.05, 4.69) is 21.8 Å². The normalized spacial score (nSPS) is 24.5. The molecule has 2 fully saturated rings. The number of amides is 1. The molecule has 2 unspecified atom stereocenters. The lowest BCUT2D eigenvalue weighted by molar-refractivity contribution is -0.384. The summed E-state index contributed by atoms with van der Waals surface area (Å²) in [6, 6.07) is 5.45. The maximum absolute atomic E-state index is 12.8. The van der Waals surface area contributed by atoms with Gasteiger partial charge in [-0.3, -0.25) is 15.0 Å². The molecule has 11 heteroatoms. The standard InChI is InChI=1S/C26H31N5O6/c1-15-11-20(36-24(32)16-5-7-17(8-6-16)31(34)35)22-21(15)23(28-14-27-22)29-12-18-9-10-19(13-29)30(18)25(33)37-26(2,3)4/h5-8,14-15,18-20H,9-13H2,1-4H3/t15-,18?,19?,20-/m1/s1. The van der Waals surface area contributed by atoms with Gasteiger partial charge in [-0.25, -0.2) is 19.6 Å². The van der Waals surface area contributed by atoms with E-state index in [1.165, 1.54) is 30.6 Å². The molecule has 11 nitrogen and oxygen atoms in total. The molecule has 0 N–H and O–H groups in total. The van der Waals surface area contributed by atoms with Crippen molar-refractivity contribution in [3.63, 3.8) is 0 Å². The van der Waals surface area contributed by atoms with Crippen molar-refractivity contribution in [2.45, 2.75) is 76.7 Å². The Kier molecular flexibility index (Phi) is 6.25. The number of nitrogens with zero attached hydrogens (tertiary/aromatic N) is 5. The van der Waals surface area contributed by atoms with E-state index in [-0.39, 0.29) is 35.3 Å². The molecule has 2 bridgehead atoms. The number of nitro benzene ring substituents is 1. The lowest BCUT2D eigenvalue weighted by Gasteiger charge is -2.42. The highest BCUT2D eigenvalue weighted by Gasteiger charge is 2.46. The van der Waals surface area contributed by atoms with Crippen LogP contribution in [0.1, 0.15) is 80.6 Å². The predicted molar refractivity (Wildman–Crippen MR) is 133 cm³/mol. The second-order valence-electron chi connectivity index (χ2n) is 11.0. The van der Waals surface area contributed by atoms with E-state index in [0.29, 0.717) is 25.2 Å². The van der Waals surface area contributed by atoms with Crippen LogP contribution < -0.4 is 4.90 Å². The number of rotatable bonds is 4. The SMILES string of the molecule is C[C@@H]1C[C@@H](OC(=O)c2ccc([N+](=O)[O-])cc2)c2ncnc(N3CC4CCC(C3)N4C(=O)OC(C)(C)C)c21. The zero-order chi connectivity index (χ0) is 26.5. The molecule has 5 rings (SSSR count). The third kappa shape index (κ3) is 4.82. The highest BCUT2D eigenvalue weighted by molar-refractivity contribution is 5.89. The van der Waals surface area contributed by atoms with Crippen LogP contribution in [-0.4, -0.2) is 62.6 Å². The van der Waals surface area contributed by atoms with Gasteiger partial charge in [0.15, 0.2) is 0 Å². The highest BCUT2D eigenvalue weighted by Crippen LogP contribution is 2.46. The number of hydrogen-bond acceptors (Lipinski definition) is 9.